The fraction of sp³-hybridized carbons (Fsp3) is 0.500. The number of rotatable bonds is 3. The number of carbonyl (C=O) groups is 1. The number of carbonyl (C=O) groups excluding carboxylic acids is 1. The quantitative estimate of drug-likeness (QED) is 0.778. The van der Waals surface area contributed by atoms with Crippen molar-refractivity contribution in [3.63, 3.8) is 0 Å². The minimum atomic E-state index is -0.0512. The molecule has 0 saturated carbocycles. The normalized spacial score (nSPS) is 26.3. The molecular weight excluding hydrogens is 322 g/mol. The minimum absolute atomic E-state index is 0.0274. The van der Waals surface area contributed by atoms with Gasteiger partial charge in [-0.1, -0.05) is 24.3 Å². The van der Waals surface area contributed by atoms with E-state index in [9.17, 15) is 4.79 Å². The molecule has 26 heavy (non-hydrogen) atoms. The van der Waals surface area contributed by atoms with Gasteiger partial charge < -0.3 is 14.0 Å². The lowest BCUT2D eigenvalue weighted by Crippen LogP contribution is -2.65. The number of nitrogens with zero attached hydrogens (tertiary/aromatic N) is 3. The molecule has 2 aliphatic heterocycles. The van der Waals surface area contributed by atoms with Crippen molar-refractivity contribution in [1.29, 1.82) is 0 Å². The van der Waals surface area contributed by atoms with Gasteiger partial charge in [-0.05, 0) is 26.8 Å². The molecule has 2 atom stereocenters. The first kappa shape index (κ1) is 17.3. The van der Waals surface area contributed by atoms with Crippen LogP contribution in [-0.4, -0.2) is 59.1 Å². The fourth-order valence-corrected chi connectivity index (χ4v) is 4.97. The molecule has 138 valence electrons. The Balaban J connectivity index is 1.90. The molecule has 0 N–H and O–H groups in total. The number of quaternary nitrogens is 1. The average molecular weight is 353 g/mol. The van der Waals surface area contributed by atoms with Gasteiger partial charge in [0.05, 0.1) is 32.7 Å². The zero-order valence-corrected chi connectivity index (χ0v) is 16.6. The first-order valence-electron chi connectivity index (χ1n) is 9.75. The van der Waals surface area contributed by atoms with Crippen molar-refractivity contribution in [3.05, 3.63) is 42.1 Å². The second kappa shape index (κ2) is 5.71. The van der Waals surface area contributed by atoms with Crippen molar-refractivity contribution in [2.45, 2.75) is 32.9 Å². The fourth-order valence-electron chi connectivity index (χ4n) is 4.97. The highest BCUT2D eigenvalue weighted by Gasteiger charge is 2.53. The lowest BCUT2D eigenvalue weighted by molar-refractivity contribution is -0.934. The van der Waals surface area contributed by atoms with Gasteiger partial charge in [-0.2, -0.15) is 0 Å². The highest BCUT2D eigenvalue weighted by Crippen LogP contribution is 2.47. The van der Waals surface area contributed by atoms with Crippen LogP contribution in [-0.2, 0) is 11.3 Å². The molecule has 0 aliphatic carbocycles. The largest absolute Gasteiger partial charge is 0.343 e. The Morgan fingerprint density at radius 2 is 2.00 bits per heavy atom. The van der Waals surface area contributed by atoms with Gasteiger partial charge >= 0.3 is 0 Å². The van der Waals surface area contributed by atoms with E-state index in [0.29, 0.717) is 0 Å². The first-order valence-corrected chi connectivity index (χ1v) is 9.75. The van der Waals surface area contributed by atoms with Gasteiger partial charge in [0.2, 0.25) is 5.91 Å². The van der Waals surface area contributed by atoms with E-state index < -0.39 is 0 Å². The van der Waals surface area contributed by atoms with E-state index in [2.05, 4.69) is 76.0 Å². The van der Waals surface area contributed by atoms with Crippen LogP contribution in [0.2, 0.25) is 0 Å². The van der Waals surface area contributed by atoms with Crippen LogP contribution in [0.25, 0.3) is 16.5 Å². The van der Waals surface area contributed by atoms with Crippen LogP contribution in [0.3, 0.4) is 0 Å². The van der Waals surface area contributed by atoms with E-state index in [0.717, 1.165) is 30.7 Å². The van der Waals surface area contributed by atoms with Crippen LogP contribution >= 0.6 is 0 Å². The smallest absolute Gasteiger partial charge is 0.235 e. The van der Waals surface area contributed by atoms with Gasteiger partial charge in [-0.15, -0.1) is 0 Å². The predicted octanol–water partition coefficient (Wildman–Crippen LogP) is 3.37. The van der Waals surface area contributed by atoms with Gasteiger partial charge in [0, 0.05) is 35.8 Å². The van der Waals surface area contributed by atoms with Crippen LogP contribution in [0.1, 0.15) is 26.3 Å². The Kier molecular flexibility index (Phi) is 3.81. The molecule has 0 radical (unpaired) electrons. The van der Waals surface area contributed by atoms with Gasteiger partial charge in [-0.3, -0.25) is 4.79 Å². The number of hydrogen-bond acceptors (Lipinski definition) is 1. The van der Waals surface area contributed by atoms with Crippen LogP contribution in [0.5, 0.6) is 0 Å². The second-order valence-corrected chi connectivity index (χ2v) is 8.53. The van der Waals surface area contributed by atoms with Gasteiger partial charge in [-0.25, -0.2) is 0 Å². The maximum Gasteiger partial charge on any atom is 0.235 e. The van der Waals surface area contributed by atoms with E-state index in [1.807, 2.05) is 4.90 Å². The number of para-hydroxylation sites is 1. The maximum absolute atomic E-state index is 13.1. The number of benzene rings is 1. The highest BCUT2D eigenvalue weighted by atomic mass is 16.2. The molecule has 1 aromatic heterocycles. The van der Waals surface area contributed by atoms with Crippen LogP contribution in [0.15, 0.2) is 36.5 Å². The molecule has 1 aromatic carbocycles. The third kappa shape index (κ3) is 2.21. The maximum atomic E-state index is 13.1. The summed E-state index contributed by atoms with van der Waals surface area (Å²) in [6.45, 7) is 9.85. The Bertz CT molecular complexity index is 903. The molecule has 1 amide bonds. The molecule has 3 heterocycles. The second-order valence-electron chi connectivity index (χ2n) is 8.53. The van der Waals surface area contributed by atoms with Crippen LogP contribution in [0, 0.1) is 5.92 Å². The Labute approximate surface area is 156 Å². The minimum Gasteiger partial charge on any atom is -0.343 e. The zero-order valence-electron chi connectivity index (χ0n) is 16.6. The SMILES string of the molecule is CCN(CC)C(=O)C1C=C2c3cccc4ccn(c34)CC2(C)[N+](C)(C)C1. The molecule has 2 aliphatic rings. The molecule has 4 heteroatoms. The summed E-state index contributed by atoms with van der Waals surface area (Å²) in [7, 11) is 4.56. The molecular formula is C22H30N3O+. The molecule has 2 unspecified atom stereocenters. The summed E-state index contributed by atoms with van der Waals surface area (Å²) < 4.78 is 3.22. The molecule has 0 spiro atoms. The number of aromatic nitrogens is 1. The number of fused-ring (bicyclic) bond motifs is 2. The summed E-state index contributed by atoms with van der Waals surface area (Å²) in [5.74, 6) is 0.216. The van der Waals surface area contributed by atoms with Crippen LogP contribution < -0.4 is 0 Å². The van der Waals surface area contributed by atoms with E-state index >= 15 is 0 Å². The standard InChI is InChI=1S/C22H30N3O/c1-6-23(7-2)21(26)17-13-19-18-10-8-9-16-11-12-24(20(16)18)15-22(19,3)25(4,5)14-17/h8-13,17H,6-7,14-15H2,1-5H3/q+1. The third-order valence-corrected chi connectivity index (χ3v) is 6.89. The summed E-state index contributed by atoms with van der Waals surface area (Å²) in [6, 6.07) is 8.76. The predicted molar refractivity (Wildman–Crippen MR) is 107 cm³/mol. The zero-order chi connectivity index (χ0) is 18.7. The number of amides is 1. The van der Waals surface area contributed by atoms with E-state index in [1.165, 1.54) is 22.0 Å². The molecule has 4 rings (SSSR count). The summed E-state index contributed by atoms with van der Waals surface area (Å²) >= 11 is 0. The molecule has 0 saturated heterocycles. The lowest BCUT2D eigenvalue weighted by atomic mass is 9.75. The van der Waals surface area contributed by atoms with E-state index in [1.54, 1.807) is 0 Å². The van der Waals surface area contributed by atoms with Crippen molar-refractivity contribution in [1.82, 2.24) is 9.47 Å². The lowest BCUT2D eigenvalue weighted by Gasteiger charge is -2.53. The Morgan fingerprint density at radius 3 is 2.69 bits per heavy atom. The monoisotopic (exact) mass is 352 g/mol. The van der Waals surface area contributed by atoms with Crippen molar-refractivity contribution in [2.24, 2.45) is 5.92 Å². The highest BCUT2D eigenvalue weighted by molar-refractivity contribution is 5.96. The van der Waals surface area contributed by atoms with Crippen molar-refractivity contribution in [2.75, 3.05) is 33.7 Å². The first-order chi connectivity index (χ1) is 12.3. The van der Waals surface area contributed by atoms with Crippen molar-refractivity contribution in [3.8, 4) is 0 Å². The van der Waals surface area contributed by atoms with E-state index in [4.69, 9.17) is 0 Å². The molecule has 0 fully saturated rings. The summed E-state index contributed by atoms with van der Waals surface area (Å²) in [5.41, 5.74) is 3.92. The van der Waals surface area contributed by atoms with Gasteiger partial charge in [0.15, 0.2) is 0 Å². The summed E-state index contributed by atoms with van der Waals surface area (Å²) in [4.78, 5) is 15.1. The topological polar surface area (TPSA) is 25.2 Å². The third-order valence-electron chi connectivity index (χ3n) is 6.89. The molecule has 0 bridgehead atoms. The Morgan fingerprint density at radius 1 is 1.27 bits per heavy atom. The van der Waals surface area contributed by atoms with Gasteiger partial charge in [0.1, 0.15) is 11.5 Å². The molecule has 4 nitrogen and oxygen atoms in total. The summed E-state index contributed by atoms with van der Waals surface area (Å²) in [6.07, 6.45) is 4.50. The average Bonchev–Trinajstić information content (AvgIpc) is 3.01. The van der Waals surface area contributed by atoms with Crippen LogP contribution in [0.4, 0.5) is 0 Å². The van der Waals surface area contributed by atoms with E-state index in [-0.39, 0.29) is 17.4 Å². The summed E-state index contributed by atoms with van der Waals surface area (Å²) in [5, 5.41) is 1.29. The number of hydrogen-bond donors (Lipinski definition) is 0. The number of likely N-dealkylation sites (N-methyl/N-ethyl adjacent to an activating group) is 1. The van der Waals surface area contributed by atoms with Gasteiger partial charge in [0.25, 0.3) is 0 Å². The molecule has 2 aromatic rings. The van der Waals surface area contributed by atoms with Crippen molar-refractivity contribution < 1.29 is 9.28 Å². The van der Waals surface area contributed by atoms with Crippen molar-refractivity contribution >= 4 is 22.4 Å². The Hall–Kier alpha value is -2.07.